The molecule has 0 saturated heterocycles. The predicted octanol–water partition coefficient (Wildman–Crippen LogP) is 1.10. The molecule has 1 amide bonds. The van der Waals surface area contributed by atoms with Gasteiger partial charge in [0.05, 0.1) is 12.2 Å². The first kappa shape index (κ1) is 16.9. The van der Waals surface area contributed by atoms with E-state index in [2.05, 4.69) is 31.6 Å². The second-order valence-corrected chi connectivity index (χ2v) is 6.58. The minimum atomic E-state index is -1.12. The highest BCUT2D eigenvalue weighted by Gasteiger charge is 2.32. The van der Waals surface area contributed by atoms with Crippen LogP contribution in [0.15, 0.2) is 12.1 Å². The number of halogens is 1. The van der Waals surface area contributed by atoms with E-state index in [-0.39, 0.29) is 29.2 Å². The first-order valence-electron chi connectivity index (χ1n) is 7.42. The molecule has 0 aromatic heterocycles. The van der Waals surface area contributed by atoms with Gasteiger partial charge in [0.1, 0.15) is 5.82 Å². The number of rotatable bonds is 4. The van der Waals surface area contributed by atoms with Crippen molar-refractivity contribution >= 4 is 18.5 Å². The summed E-state index contributed by atoms with van der Waals surface area (Å²) in [5.74, 6) is -1.18. The molecule has 120 valence electrons. The fraction of sp³-hybridized carbons (Fsp3) is 0.533. The molecule has 1 aromatic carbocycles. The van der Waals surface area contributed by atoms with Gasteiger partial charge in [-0.2, -0.15) is 0 Å². The molecule has 3 N–H and O–H groups in total. The Morgan fingerprint density at radius 1 is 1.50 bits per heavy atom. The molecule has 0 unspecified atom stereocenters. The van der Waals surface area contributed by atoms with Crippen LogP contribution in [0, 0.1) is 11.2 Å². The van der Waals surface area contributed by atoms with Gasteiger partial charge in [0, 0.05) is 11.6 Å². The fourth-order valence-corrected chi connectivity index (χ4v) is 2.59. The van der Waals surface area contributed by atoms with Gasteiger partial charge >= 0.3 is 7.12 Å². The van der Waals surface area contributed by atoms with Gasteiger partial charge in [-0.1, -0.05) is 33.8 Å². The summed E-state index contributed by atoms with van der Waals surface area (Å²) in [6.45, 7) is 8.18. The van der Waals surface area contributed by atoms with Gasteiger partial charge in [0.25, 0.3) is 5.91 Å². The number of nitrogens with one attached hydrogen (secondary N) is 2. The van der Waals surface area contributed by atoms with Gasteiger partial charge in [-0.15, -0.1) is 0 Å². The Labute approximate surface area is 130 Å². The van der Waals surface area contributed by atoms with E-state index >= 15 is 0 Å². The zero-order valence-electron chi connectivity index (χ0n) is 13.4. The topological polar surface area (TPSA) is 70.6 Å². The van der Waals surface area contributed by atoms with Crippen molar-refractivity contribution in [1.82, 2.24) is 10.9 Å². The smallest absolute Gasteiger partial charge is 0.423 e. The zero-order valence-corrected chi connectivity index (χ0v) is 13.4. The maximum absolute atomic E-state index is 14.4. The van der Waals surface area contributed by atoms with Crippen LogP contribution in [0.1, 0.15) is 50.0 Å². The summed E-state index contributed by atoms with van der Waals surface area (Å²) in [7, 11) is -1.12. The quantitative estimate of drug-likeness (QED) is 0.575. The Hall–Kier alpha value is -1.44. The third kappa shape index (κ3) is 3.32. The Kier molecular flexibility index (Phi) is 4.89. The average Bonchev–Trinajstić information content (AvgIpc) is 2.81. The minimum absolute atomic E-state index is 0.0313. The number of fused-ring (bicyclic) bond motifs is 1. The molecule has 1 heterocycles. The van der Waals surface area contributed by atoms with Crippen molar-refractivity contribution in [3.63, 3.8) is 0 Å². The molecule has 0 fully saturated rings. The molecule has 2 rings (SSSR count). The Morgan fingerprint density at radius 2 is 2.18 bits per heavy atom. The highest BCUT2D eigenvalue weighted by atomic mass is 19.1. The van der Waals surface area contributed by atoms with E-state index in [0.29, 0.717) is 5.46 Å². The summed E-state index contributed by atoms with van der Waals surface area (Å²) in [5.41, 5.74) is 6.06. The SMILES string of the molecule is CC[C@@H](NNC(=O)c1ccc2c(c1F)COB2O)C(C)(C)C. The van der Waals surface area contributed by atoms with Gasteiger partial charge in [-0.25, -0.2) is 9.82 Å². The van der Waals surface area contributed by atoms with E-state index in [4.69, 9.17) is 4.65 Å². The van der Waals surface area contributed by atoms with E-state index in [9.17, 15) is 14.2 Å². The standard InChI is InChI=1S/C15H22BFN2O3/c1-5-12(15(2,3)4)18-19-14(20)9-6-7-11-10(13(9)17)8-22-16(11)21/h6-7,12,18,21H,5,8H2,1-4H3,(H,19,20)/t12-/m1/s1. The lowest BCUT2D eigenvalue weighted by molar-refractivity contribution is 0.0901. The molecule has 1 aliphatic heterocycles. The maximum Gasteiger partial charge on any atom is 0.491 e. The lowest BCUT2D eigenvalue weighted by Crippen LogP contribution is -2.50. The molecule has 0 radical (unpaired) electrons. The van der Waals surface area contributed by atoms with Gasteiger partial charge < -0.3 is 9.68 Å². The second kappa shape index (κ2) is 6.36. The lowest BCUT2D eigenvalue weighted by Gasteiger charge is -2.30. The predicted molar refractivity (Wildman–Crippen MR) is 82.9 cm³/mol. The number of carbonyl (C=O) groups is 1. The number of amides is 1. The number of hydrogen-bond acceptors (Lipinski definition) is 4. The molecule has 1 aliphatic rings. The Balaban J connectivity index is 2.11. The largest absolute Gasteiger partial charge is 0.491 e. The van der Waals surface area contributed by atoms with Crippen LogP contribution in [0.4, 0.5) is 4.39 Å². The van der Waals surface area contributed by atoms with Crippen molar-refractivity contribution in [2.45, 2.75) is 46.8 Å². The van der Waals surface area contributed by atoms with Crippen LogP contribution in [0.3, 0.4) is 0 Å². The van der Waals surface area contributed by atoms with Crippen molar-refractivity contribution in [2.75, 3.05) is 0 Å². The van der Waals surface area contributed by atoms with Crippen LogP contribution >= 0.6 is 0 Å². The third-order valence-corrected chi connectivity index (χ3v) is 3.99. The number of hydrogen-bond donors (Lipinski definition) is 3. The number of benzene rings is 1. The molecule has 7 heteroatoms. The molecule has 0 spiro atoms. The summed E-state index contributed by atoms with van der Waals surface area (Å²) < 4.78 is 19.3. The summed E-state index contributed by atoms with van der Waals surface area (Å²) in [5, 5.41) is 9.53. The van der Waals surface area contributed by atoms with Crippen LogP contribution in [0.5, 0.6) is 0 Å². The average molecular weight is 308 g/mol. The molecule has 1 aromatic rings. The van der Waals surface area contributed by atoms with Crippen molar-refractivity contribution in [2.24, 2.45) is 5.41 Å². The first-order chi connectivity index (χ1) is 10.3. The molecular formula is C15H22BFN2O3. The van der Waals surface area contributed by atoms with Crippen LogP contribution in [-0.2, 0) is 11.3 Å². The number of carbonyl (C=O) groups excluding carboxylic acids is 1. The monoisotopic (exact) mass is 308 g/mol. The summed E-state index contributed by atoms with van der Waals surface area (Å²) in [6.07, 6.45) is 0.830. The summed E-state index contributed by atoms with van der Waals surface area (Å²) >= 11 is 0. The zero-order chi connectivity index (χ0) is 16.5. The van der Waals surface area contributed by atoms with Crippen molar-refractivity contribution in [1.29, 1.82) is 0 Å². The van der Waals surface area contributed by atoms with Gasteiger partial charge in [-0.05, 0) is 23.4 Å². The molecule has 0 saturated carbocycles. The van der Waals surface area contributed by atoms with Crippen LogP contribution in [0.2, 0.25) is 0 Å². The van der Waals surface area contributed by atoms with E-state index in [1.165, 1.54) is 12.1 Å². The van der Waals surface area contributed by atoms with Gasteiger partial charge in [0.2, 0.25) is 0 Å². The van der Waals surface area contributed by atoms with Crippen molar-refractivity contribution < 1.29 is 18.9 Å². The first-order valence-corrected chi connectivity index (χ1v) is 7.42. The normalized spacial score (nSPS) is 15.6. The van der Waals surface area contributed by atoms with Gasteiger partial charge in [0.15, 0.2) is 0 Å². The summed E-state index contributed by atoms with van der Waals surface area (Å²) in [4.78, 5) is 12.2. The lowest BCUT2D eigenvalue weighted by atomic mass is 9.79. The fourth-order valence-electron chi connectivity index (χ4n) is 2.59. The maximum atomic E-state index is 14.4. The van der Waals surface area contributed by atoms with E-state index in [0.717, 1.165) is 6.42 Å². The van der Waals surface area contributed by atoms with Gasteiger partial charge in [-0.3, -0.25) is 10.2 Å². The van der Waals surface area contributed by atoms with Crippen molar-refractivity contribution in [3.8, 4) is 0 Å². The van der Waals surface area contributed by atoms with E-state index < -0.39 is 18.8 Å². The molecule has 5 nitrogen and oxygen atoms in total. The van der Waals surface area contributed by atoms with Crippen LogP contribution < -0.4 is 16.3 Å². The Bertz CT molecular complexity index is 575. The molecule has 0 bridgehead atoms. The highest BCUT2D eigenvalue weighted by molar-refractivity contribution is 6.61. The van der Waals surface area contributed by atoms with Crippen molar-refractivity contribution in [3.05, 3.63) is 29.1 Å². The van der Waals surface area contributed by atoms with Crippen LogP contribution in [0.25, 0.3) is 0 Å². The molecule has 0 aliphatic carbocycles. The van der Waals surface area contributed by atoms with Crippen LogP contribution in [-0.4, -0.2) is 24.1 Å². The molecule has 22 heavy (non-hydrogen) atoms. The third-order valence-electron chi connectivity index (χ3n) is 3.99. The molecular weight excluding hydrogens is 286 g/mol. The van der Waals surface area contributed by atoms with E-state index in [1.807, 2.05) is 6.92 Å². The second-order valence-electron chi connectivity index (χ2n) is 6.58. The van der Waals surface area contributed by atoms with E-state index in [1.54, 1.807) is 0 Å². The minimum Gasteiger partial charge on any atom is -0.423 e. The highest BCUT2D eigenvalue weighted by Crippen LogP contribution is 2.21. The Morgan fingerprint density at radius 3 is 2.77 bits per heavy atom. The molecule has 1 atom stereocenters. The number of hydrazine groups is 1. The summed E-state index contributed by atoms with van der Waals surface area (Å²) in [6, 6.07) is 2.95.